The Morgan fingerprint density at radius 1 is 1.09 bits per heavy atom. The minimum absolute atomic E-state index is 0.0625. The average molecular weight is 494 g/mol. The summed E-state index contributed by atoms with van der Waals surface area (Å²) in [5.41, 5.74) is 2.09. The SMILES string of the molecule is O=C(O)CCCC=CCC1C2CCC(C2)C1NC(=O)c1csc2c(Cc3cccs3)cccc12. The fraction of sp³-hybridized carbons (Fsp3) is 0.429. The standard InChI is InChI=1S/C28H31NO3S2/c30-25(31)11-4-2-1-3-9-22-18-12-13-19(15-18)26(22)29-28(32)24-17-34-27-20(7-5-10-23(24)27)16-21-8-6-14-33-21/h1,3,5-8,10,14,17-19,22,26H,2,4,9,11-13,15-16H2,(H,29,32)(H,30,31). The fourth-order valence-electron chi connectivity index (χ4n) is 5.98. The molecule has 6 heteroatoms. The quantitative estimate of drug-likeness (QED) is 0.238. The summed E-state index contributed by atoms with van der Waals surface area (Å²) in [6.07, 6.45) is 11.6. The third-order valence-electron chi connectivity index (χ3n) is 7.59. The van der Waals surface area contributed by atoms with Crippen molar-refractivity contribution in [1.82, 2.24) is 5.32 Å². The van der Waals surface area contributed by atoms with Crippen molar-refractivity contribution in [3.8, 4) is 0 Å². The van der Waals surface area contributed by atoms with Gasteiger partial charge in [-0.2, -0.15) is 0 Å². The molecule has 34 heavy (non-hydrogen) atoms. The van der Waals surface area contributed by atoms with Crippen LogP contribution in [0.5, 0.6) is 0 Å². The number of carboxylic acids is 1. The number of carboxylic acid groups (broad SMARTS) is 1. The van der Waals surface area contributed by atoms with Gasteiger partial charge >= 0.3 is 5.97 Å². The van der Waals surface area contributed by atoms with Crippen molar-refractivity contribution in [2.75, 3.05) is 0 Å². The predicted octanol–water partition coefficient (Wildman–Crippen LogP) is 6.90. The highest BCUT2D eigenvalue weighted by Crippen LogP contribution is 2.50. The first-order valence-corrected chi connectivity index (χ1v) is 14.0. The van der Waals surface area contributed by atoms with Crippen LogP contribution in [0.4, 0.5) is 0 Å². The number of allylic oxidation sites excluding steroid dienone is 2. The van der Waals surface area contributed by atoms with E-state index < -0.39 is 5.97 Å². The van der Waals surface area contributed by atoms with Gasteiger partial charge in [0.25, 0.3) is 5.91 Å². The third kappa shape index (κ3) is 4.98. The highest BCUT2D eigenvalue weighted by atomic mass is 32.1. The van der Waals surface area contributed by atoms with Crippen molar-refractivity contribution in [2.24, 2.45) is 17.8 Å². The van der Waals surface area contributed by atoms with Gasteiger partial charge in [0, 0.05) is 39.2 Å². The first-order chi connectivity index (χ1) is 16.6. The number of benzene rings is 1. The maximum Gasteiger partial charge on any atom is 0.303 e. The molecule has 0 spiro atoms. The zero-order valence-corrected chi connectivity index (χ0v) is 20.9. The fourth-order valence-corrected chi connectivity index (χ4v) is 7.77. The molecule has 2 aliphatic rings. The Hall–Kier alpha value is -2.44. The van der Waals surface area contributed by atoms with E-state index in [0.717, 1.165) is 30.2 Å². The average Bonchev–Trinajstić information content (AvgIpc) is 3.61. The summed E-state index contributed by atoms with van der Waals surface area (Å²) >= 11 is 3.45. The third-order valence-corrected chi connectivity index (χ3v) is 9.54. The summed E-state index contributed by atoms with van der Waals surface area (Å²) in [5, 5.41) is 17.4. The molecule has 2 fully saturated rings. The Morgan fingerprint density at radius 3 is 2.79 bits per heavy atom. The Morgan fingerprint density at radius 2 is 1.97 bits per heavy atom. The van der Waals surface area contributed by atoms with Crippen molar-refractivity contribution >= 4 is 44.6 Å². The van der Waals surface area contributed by atoms with Gasteiger partial charge in [0.2, 0.25) is 0 Å². The maximum atomic E-state index is 13.4. The molecule has 0 radical (unpaired) electrons. The number of carbonyl (C=O) groups excluding carboxylic acids is 1. The Bertz CT molecular complexity index is 1180. The molecule has 0 saturated heterocycles. The van der Waals surface area contributed by atoms with Crippen LogP contribution in [0.3, 0.4) is 0 Å². The maximum absolute atomic E-state index is 13.4. The Kier molecular flexibility index (Phi) is 7.16. The highest BCUT2D eigenvalue weighted by molar-refractivity contribution is 7.17. The van der Waals surface area contributed by atoms with Crippen LogP contribution in [0.15, 0.2) is 53.2 Å². The first kappa shape index (κ1) is 23.3. The molecule has 2 aromatic heterocycles. The minimum Gasteiger partial charge on any atom is -0.481 e. The smallest absolute Gasteiger partial charge is 0.303 e. The summed E-state index contributed by atoms with van der Waals surface area (Å²) in [6.45, 7) is 0. The second-order valence-electron chi connectivity index (χ2n) is 9.69. The molecule has 5 rings (SSSR count). The van der Waals surface area contributed by atoms with Gasteiger partial charge in [0.1, 0.15) is 0 Å². The molecule has 2 bridgehead atoms. The number of aliphatic carboxylic acids is 1. The number of rotatable bonds is 10. The lowest BCUT2D eigenvalue weighted by Gasteiger charge is -2.31. The van der Waals surface area contributed by atoms with Crippen molar-refractivity contribution in [1.29, 1.82) is 0 Å². The number of unbranched alkanes of at least 4 members (excludes halogenated alkanes) is 1. The molecule has 2 saturated carbocycles. The molecular weight excluding hydrogens is 462 g/mol. The topological polar surface area (TPSA) is 66.4 Å². The number of carbonyl (C=O) groups is 2. The van der Waals surface area contributed by atoms with E-state index >= 15 is 0 Å². The molecule has 2 heterocycles. The lowest BCUT2D eigenvalue weighted by atomic mass is 9.82. The Labute approximate surface area is 208 Å². The van der Waals surface area contributed by atoms with Crippen LogP contribution >= 0.6 is 22.7 Å². The van der Waals surface area contributed by atoms with E-state index in [-0.39, 0.29) is 18.4 Å². The van der Waals surface area contributed by atoms with Crippen LogP contribution in [0.1, 0.15) is 65.7 Å². The molecule has 0 aliphatic heterocycles. The van der Waals surface area contributed by atoms with Gasteiger partial charge in [-0.15, -0.1) is 22.7 Å². The lowest BCUT2D eigenvalue weighted by molar-refractivity contribution is -0.137. The van der Waals surface area contributed by atoms with Crippen molar-refractivity contribution in [2.45, 2.75) is 57.4 Å². The van der Waals surface area contributed by atoms with Gasteiger partial charge in [-0.1, -0.05) is 36.4 Å². The molecule has 178 valence electrons. The number of fused-ring (bicyclic) bond motifs is 3. The van der Waals surface area contributed by atoms with E-state index in [9.17, 15) is 9.59 Å². The zero-order valence-electron chi connectivity index (χ0n) is 19.2. The van der Waals surface area contributed by atoms with Gasteiger partial charge in [-0.05, 0) is 73.3 Å². The molecule has 1 amide bonds. The van der Waals surface area contributed by atoms with E-state index in [4.69, 9.17) is 5.11 Å². The molecule has 2 aliphatic carbocycles. The van der Waals surface area contributed by atoms with Crippen LogP contribution in [0.2, 0.25) is 0 Å². The number of hydrogen-bond donors (Lipinski definition) is 2. The monoisotopic (exact) mass is 493 g/mol. The summed E-state index contributed by atoms with van der Waals surface area (Å²) in [4.78, 5) is 25.4. The van der Waals surface area contributed by atoms with Gasteiger partial charge in [0.05, 0.1) is 5.56 Å². The number of thiophene rings is 2. The van der Waals surface area contributed by atoms with Crippen LogP contribution in [0, 0.1) is 17.8 Å². The zero-order chi connectivity index (χ0) is 23.5. The molecule has 3 aromatic rings. The second kappa shape index (κ2) is 10.4. The largest absolute Gasteiger partial charge is 0.481 e. The van der Waals surface area contributed by atoms with Crippen LogP contribution in [0.25, 0.3) is 10.1 Å². The highest BCUT2D eigenvalue weighted by Gasteiger charge is 2.47. The second-order valence-corrected chi connectivity index (χ2v) is 11.6. The minimum atomic E-state index is -0.733. The van der Waals surface area contributed by atoms with Crippen molar-refractivity contribution in [3.05, 3.63) is 69.2 Å². The van der Waals surface area contributed by atoms with E-state index in [0.29, 0.717) is 24.2 Å². The molecule has 4 unspecified atom stereocenters. The first-order valence-electron chi connectivity index (χ1n) is 12.3. The number of nitrogens with one attached hydrogen (secondary N) is 1. The van der Waals surface area contributed by atoms with E-state index in [2.05, 4.69) is 53.2 Å². The molecule has 4 nitrogen and oxygen atoms in total. The van der Waals surface area contributed by atoms with Gasteiger partial charge in [-0.3, -0.25) is 9.59 Å². The number of hydrogen-bond acceptors (Lipinski definition) is 4. The summed E-state index contributed by atoms with van der Waals surface area (Å²) in [7, 11) is 0. The van der Waals surface area contributed by atoms with Gasteiger partial charge in [0.15, 0.2) is 0 Å². The Balaban J connectivity index is 1.26. The summed E-state index contributed by atoms with van der Waals surface area (Å²) in [6, 6.07) is 10.8. The van der Waals surface area contributed by atoms with E-state index in [1.54, 1.807) is 22.7 Å². The van der Waals surface area contributed by atoms with E-state index in [1.807, 2.05) is 5.38 Å². The molecule has 1 aromatic carbocycles. The molecular formula is C28H31NO3S2. The predicted molar refractivity (Wildman–Crippen MR) is 140 cm³/mol. The van der Waals surface area contributed by atoms with E-state index in [1.165, 1.54) is 34.4 Å². The van der Waals surface area contributed by atoms with Crippen molar-refractivity contribution < 1.29 is 14.7 Å². The molecule has 4 atom stereocenters. The number of amides is 1. The normalized spacial score (nSPS) is 23.8. The van der Waals surface area contributed by atoms with Crippen LogP contribution < -0.4 is 5.32 Å². The van der Waals surface area contributed by atoms with Crippen LogP contribution in [-0.4, -0.2) is 23.0 Å². The van der Waals surface area contributed by atoms with Gasteiger partial charge < -0.3 is 10.4 Å². The van der Waals surface area contributed by atoms with Crippen LogP contribution in [-0.2, 0) is 11.2 Å². The summed E-state index contributed by atoms with van der Waals surface area (Å²) < 4.78 is 1.22. The lowest BCUT2D eigenvalue weighted by Crippen LogP contribution is -2.43. The summed E-state index contributed by atoms with van der Waals surface area (Å²) in [5.74, 6) is 1.09. The molecule has 2 N–H and O–H groups in total. The van der Waals surface area contributed by atoms with Crippen molar-refractivity contribution in [3.63, 3.8) is 0 Å². The van der Waals surface area contributed by atoms with Gasteiger partial charge in [-0.25, -0.2) is 0 Å².